The number of benzene rings is 2. The summed E-state index contributed by atoms with van der Waals surface area (Å²) in [6.45, 7) is 1.12. The van der Waals surface area contributed by atoms with Crippen LogP contribution in [0.25, 0.3) is 10.9 Å². The average molecular weight is 329 g/mol. The molecule has 0 saturated heterocycles. The topological polar surface area (TPSA) is 36.1 Å². The molecule has 1 aliphatic rings. The molecule has 0 saturated carbocycles. The highest BCUT2D eigenvalue weighted by Gasteiger charge is 2.25. The summed E-state index contributed by atoms with van der Waals surface area (Å²) in [6, 6.07) is 11.5. The van der Waals surface area contributed by atoms with E-state index in [9.17, 15) is 9.18 Å². The van der Waals surface area contributed by atoms with Gasteiger partial charge in [-0.25, -0.2) is 4.39 Å². The van der Waals surface area contributed by atoms with Crippen LogP contribution < -0.4 is 0 Å². The van der Waals surface area contributed by atoms with Crippen molar-refractivity contribution in [3.63, 3.8) is 0 Å². The van der Waals surface area contributed by atoms with Crippen molar-refractivity contribution in [1.29, 1.82) is 0 Å². The molecule has 0 bridgehead atoms. The van der Waals surface area contributed by atoms with E-state index in [0.717, 1.165) is 28.6 Å². The minimum absolute atomic E-state index is 0.147. The monoisotopic (exact) mass is 328 g/mol. The van der Waals surface area contributed by atoms with Crippen LogP contribution in [0.15, 0.2) is 42.5 Å². The standard InChI is InChI=1S/C18H14ClFN2O/c19-12-4-5-16-14(9-12)15-10-22(7-6-17(15)21-16)18(23)11-2-1-3-13(20)8-11/h1-5,8-9,21H,6-7,10H2. The van der Waals surface area contributed by atoms with Gasteiger partial charge >= 0.3 is 0 Å². The average Bonchev–Trinajstić information content (AvgIpc) is 2.91. The predicted molar refractivity (Wildman–Crippen MR) is 88.2 cm³/mol. The van der Waals surface area contributed by atoms with Gasteiger partial charge in [0, 0.05) is 52.3 Å². The molecule has 1 N–H and O–H groups in total. The number of halogens is 2. The highest BCUT2D eigenvalue weighted by atomic mass is 35.5. The summed E-state index contributed by atoms with van der Waals surface area (Å²) in [5.74, 6) is -0.543. The Morgan fingerprint density at radius 2 is 2.09 bits per heavy atom. The molecule has 4 rings (SSSR count). The van der Waals surface area contributed by atoms with Gasteiger partial charge in [-0.15, -0.1) is 0 Å². The van der Waals surface area contributed by atoms with Gasteiger partial charge in [0.15, 0.2) is 0 Å². The Balaban J connectivity index is 1.69. The molecule has 0 aliphatic carbocycles. The number of aromatic amines is 1. The van der Waals surface area contributed by atoms with Gasteiger partial charge in [-0.2, -0.15) is 0 Å². The van der Waals surface area contributed by atoms with Crippen molar-refractivity contribution in [3.05, 3.63) is 70.1 Å². The van der Waals surface area contributed by atoms with E-state index in [-0.39, 0.29) is 5.91 Å². The predicted octanol–water partition coefficient (Wildman–Crippen LogP) is 4.16. The summed E-state index contributed by atoms with van der Waals surface area (Å²) < 4.78 is 13.3. The molecule has 0 fully saturated rings. The van der Waals surface area contributed by atoms with Crippen LogP contribution in [0.1, 0.15) is 21.6 Å². The second-order valence-electron chi connectivity index (χ2n) is 5.76. The summed E-state index contributed by atoms with van der Waals surface area (Å²) in [6.07, 6.45) is 0.753. The van der Waals surface area contributed by atoms with Crippen LogP contribution in [0.5, 0.6) is 0 Å². The highest BCUT2D eigenvalue weighted by molar-refractivity contribution is 6.31. The molecule has 1 amide bonds. The smallest absolute Gasteiger partial charge is 0.254 e. The first-order chi connectivity index (χ1) is 11.1. The first-order valence-electron chi connectivity index (χ1n) is 7.45. The third kappa shape index (κ3) is 2.49. The van der Waals surface area contributed by atoms with Crippen LogP contribution in [0.4, 0.5) is 4.39 Å². The van der Waals surface area contributed by atoms with E-state index in [1.165, 1.54) is 12.1 Å². The second-order valence-corrected chi connectivity index (χ2v) is 6.20. The van der Waals surface area contributed by atoms with Gasteiger partial charge in [-0.05, 0) is 36.4 Å². The van der Waals surface area contributed by atoms with E-state index in [0.29, 0.717) is 23.7 Å². The molecule has 5 heteroatoms. The van der Waals surface area contributed by atoms with Crippen LogP contribution in [0, 0.1) is 5.82 Å². The van der Waals surface area contributed by atoms with Crippen LogP contribution >= 0.6 is 11.6 Å². The lowest BCUT2D eigenvalue weighted by Gasteiger charge is -2.27. The number of aromatic nitrogens is 1. The number of H-pyrrole nitrogens is 1. The van der Waals surface area contributed by atoms with Gasteiger partial charge in [0.1, 0.15) is 5.82 Å². The fourth-order valence-corrected chi connectivity index (χ4v) is 3.34. The number of rotatable bonds is 1. The molecule has 2 aromatic carbocycles. The van der Waals surface area contributed by atoms with E-state index in [2.05, 4.69) is 4.98 Å². The molecule has 0 unspecified atom stereocenters. The van der Waals surface area contributed by atoms with Crippen LogP contribution in [0.3, 0.4) is 0 Å². The third-order valence-corrected chi connectivity index (χ3v) is 4.53. The maximum atomic E-state index is 13.3. The van der Waals surface area contributed by atoms with Gasteiger partial charge in [0.05, 0.1) is 0 Å². The number of carbonyl (C=O) groups is 1. The zero-order chi connectivity index (χ0) is 16.0. The lowest BCUT2D eigenvalue weighted by Crippen LogP contribution is -2.35. The van der Waals surface area contributed by atoms with E-state index in [1.807, 2.05) is 18.2 Å². The van der Waals surface area contributed by atoms with E-state index in [1.54, 1.807) is 17.0 Å². The Hall–Kier alpha value is -2.33. The lowest BCUT2D eigenvalue weighted by molar-refractivity contribution is 0.0734. The SMILES string of the molecule is O=C(c1cccc(F)c1)N1CCc2[nH]c3ccc(Cl)cc3c2C1. The van der Waals surface area contributed by atoms with Gasteiger partial charge < -0.3 is 9.88 Å². The number of amides is 1. The second kappa shape index (κ2) is 5.39. The summed E-state index contributed by atoms with van der Waals surface area (Å²) in [5, 5.41) is 1.72. The van der Waals surface area contributed by atoms with Gasteiger partial charge in [0.25, 0.3) is 5.91 Å². The van der Waals surface area contributed by atoms with E-state index < -0.39 is 5.82 Å². The minimum atomic E-state index is -0.396. The van der Waals surface area contributed by atoms with E-state index >= 15 is 0 Å². The largest absolute Gasteiger partial charge is 0.358 e. The molecule has 0 spiro atoms. The number of nitrogens with zero attached hydrogens (tertiary/aromatic N) is 1. The molecular formula is C18H14ClFN2O. The van der Waals surface area contributed by atoms with Gasteiger partial charge in [-0.3, -0.25) is 4.79 Å². The van der Waals surface area contributed by atoms with Crippen molar-refractivity contribution in [2.24, 2.45) is 0 Å². The lowest BCUT2D eigenvalue weighted by atomic mass is 10.0. The van der Waals surface area contributed by atoms with Crippen LogP contribution in [-0.4, -0.2) is 22.3 Å². The molecular weight excluding hydrogens is 315 g/mol. The molecule has 0 radical (unpaired) electrons. The third-order valence-electron chi connectivity index (χ3n) is 4.30. The molecule has 0 atom stereocenters. The molecule has 3 aromatic rings. The fraction of sp³-hybridized carbons (Fsp3) is 0.167. The summed E-state index contributed by atoms with van der Waals surface area (Å²) >= 11 is 6.09. The van der Waals surface area contributed by atoms with Gasteiger partial charge in [0.2, 0.25) is 0 Å². The Bertz CT molecular complexity index is 919. The number of nitrogens with one attached hydrogen (secondary N) is 1. The fourth-order valence-electron chi connectivity index (χ4n) is 3.16. The molecule has 116 valence electrons. The molecule has 1 aliphatic heterocycles. The molecule has 2 heterocycles. The zero-order valence-electron chi connectivity index (χ0n) is 12.3. The normalized spacial score (nSPS) is 14.1. The Labute approximate surface area is 137 Å². The Morgan fingerprint density at radius 3 is 2.91 bits per heavy atom. The first-order valence-corrected chi connectivity index (χ1v) is 7.83. The maximum Gasteiger partial charge on any atom is 0.254 e. The molecule has 23 heavy (non-hydrogen) atoms. The summed E-state index contributed by atoms with van der Waals surface area (Å²) in [4.78, 5) is 17.8. The van der Waals surface area contributed by atoms with Crippen molar-refractivity contribution in [1.82, 2.24) is 9.88 Å². The zero-order valence-corrected chi connectivity index (χ0v) is 13.0. The van der Waals surface area contributed by atoms with Crippen LogP contribution in [-0.2, 0) is 13.0 Å². The number of carbonyl (C=O) groups excluding carboxylic acids is 1. The highest BCUT2D eigenvalue weighted by Crippen LogP contribution is 2.30. The number of fused-ring (bicyclic) bond motifs is 3. The van der Waals surface area contributed by atoms with Gasteiger partial charge in [-0.1, -0.05) is 17.7 Å². The Kier molecular flexibility index (Phi) is 3.34. The van der Waals surface area contributed by atoms with Crippen molar-refractivity contribution < 1.29 is 9.18 Å². The quantitative estimate of drug-likeness (QED) is 0.715. The molecule has 1 aromatic heterocycles. The van der Waals surface area contributed by atoms with Crippen LogP contribution in [0.2, 0.25) is 5.02 Å². The van der Waals surface area contributed by atoms with Crippen molar-refractivity contribution >= 4 is 28.4 Å². The summed E-state index contributed by atoms with van der Waals surface area (Å²) in [7, 11) is 0. The number of hydrogen-bond donors (Lipinski definition) is 1. The first kappa shape index (κ1) is 14.3. The van der Waals surface area contributed by atoms with Crippen molar-refractivity contribution in [3.8, 4) is 0 Å². The summed E-state index contributed by atoms with van der Waals surface area (Å²) in [5.41, 5.74) is 3.65. The minimum Gasteiger partial charge on any atom is -0.358 e. The Morgan fingerprint density at radius 1 is 1.22 bits per heavy atom. The number of hydrogen-bond acceptors (Lipinski definition) is 1. The molecule has 3 nitrogen and oxygen atoms in total. The van der Waals surface area contributed by atoms with Crippen molar-refractivity contribution in [2.75, 3.05) is 6.54 Å². The van der Waals surface area contributed by atoms with Crippen molar-refractivity contribution in [2.45, 2.75) is 13.0 Å². The van der Waals surface area contributed by atoms with E-state index in [4.69, 9.17) is 11.6 Å². The maximum absolute atomic E-state index is 13.3.